The van der Waals surface area contributed by atoms with E-state index in [0.29, 0.717) is 19.3 Å². The highest BCUT2D eigenvalue weighted by molar-refractivity contribution is 5.71. The number of hydrogen-bond acceptors (Lipinski definition) is 6. The summed E-state index contributed by atoms with van der Waals surface area (Å²) in [5, 5.41) is 0. The molecule has 0 radical (unpaired) electrons. The van der Waals surface area contributed by atoms with E-state index in [1.165, 1.54) is 116 Å². The second-order valence-corrected chi connectivity index (χ2v) is 16.8. The molecular formula is C55H94O6. The van der Waals surface area contributed by atoms with E-state index in [-0.39, 0.29) is 31.1 Å². The summed E-state index contributed by atoms with van der Waals surface area (Å²) >= 11 is 0. The van der Waals surface area contributed by atoms with Crippen LogP contribution in [0.2, 0.25) is 0 Å². The summed E-state index contributed by atoms with van der Waals surface area (Å²) in [6, 6.07) is 0. The number of carbonyl (C=O) groups is 3. The van der Waals surface area contributed by atoms with Gasteiger partial charge in [-0.3, -0.25) is 14.4 Å². The van der Waals surface area contributed by atoms with Crippen molar-refractivity contribution >= 4 is 17.9 Å². The van der Waals surface area contributed by atoms with E-state index >= 15 is 0 Å². The van der Waals surface area contributed by atoms with Gasteiger partial charge in [-0.25, -0.2) is 0 Å². The number of hydrogen-bond donors (Lipinski definition) is 0. The molecule has 0 aliphatic heterocycles. The Morgan fingerprint density at radius 1 is 0.344 bits per heavy atom. The maximum Gasteiger partial charge on any atom is 0.306 e. The van der Waals surface area contributed by atoms with Crippen LogP contribution in [-0.4, -0.2) is 37.2 Å². The Balaban J connectivity index is 4.47. The largest absolute Gasteiger partial charge is 0.462 e. The molecule has 0 aromatic carbocycles. The molecule has 0 N–H and O–H groups in total. The van der Waals surface area contributed by atoms with E-state index in [1.54, 1.807) is 0 Å². The van der Waals surface area contributed by atoms with Gasteiger partial charge in [-0.2, -0.15) is 0 Å². The molecular weight excluding hydrogens is 757 g/mol. The highest BCUT2D eigenvalue weighted by Crippen LogP contribution is 2.15. The average molecular weight is 851 g/mol. The third-order valence-corrected chi connectivity index (χ3v) is 10.8. The molecule has 0 aliphatic rings. The van der Waals surface area contributed by atoms with Crippen molar-refractivity contribution in [1.29, 1.82) is 0 Å². The zero-order chi connectivity index (χ0) is 44.4. The van der Waals surface area contributed by atoms with Crippen molar-refractivity contribution in [2.24, 2.45) is 0 Å². The molecule has 6 nitrogen and oxygen atoms in total. The van der Waals surface area contributed by atoms with Gasteiger partial charge in [-0.15, -0.1) is 0 Å². The Labute approximate surface area is 376 Å². The Kier molecular flexibility index (Phi) is 46.9. The summed E-state index contributed by atoms with van der Waals surface area (Å²) < 4.78 is 16.7. The molecule has 61 heavy (non-hydrogen) atoms. The SMILES string of the molecule is CC/C=C/C=C/C=C/C=C/CCCCCC(=O)OCC(COC(=O)CCCCC/C=C/C=C/CCCCCCCCC)OC(=O)CCCCCCCCCCCCCCCC. The normalized spacial score (nSPS) is 12.6. The fourth-order valence-electron chi connectivity index (χ4n) is 6.97. The highest BCUT2D eigenvalue weighted by atomic mass is 16.6. The van der Waals surface area contributed by atoms with Crippen LogP contribution in [0.25, 0.3) is 0 Å². The monoisotopic (exact) mass is 851 g/mol. The van der Waals surface area contributed by atoms with Crippen molar-refractivity contribution < 1.29 is 28.6 Å². The Hall–Kier alpha value is -3.15. The fourth-order valence-corrected chi connectivity index (χ4v) is 6.97. The predicted molar refractivity (Wildman–Crippen MR) is 261 cm³/mol. The number of rotatable bonds is 45. The second kappa shape index (κ2) is 49.5. The Morgan fingerprint density at radius 2 is 0.639 bits per heavy atom. The molecule has 0 aliphatic carbocycles. The summed E-state index contributed by atoms with van der Waals surface area (Å²) in [6.07, 6.45) is 61.7. The van der Waals surface area contributed by atoms with Crippen LogP contribution in [-0.2, 0) is 28.6 Å². The van der Waals surface area contributed by atoms with E-state index in [4.69, 9.17) is 14.2 Å². The van der Waals surface area contributed by atoms with Gasteiger partial charge < -0.3 is 14.2 Å². The molecule has 0 amide bonds. The minimum absolute atomic E-state index is 0.101. The lowest BCUT2D eigenvalue weighted by Crippen LogP contribution is -2.30. The van der Waals surface area contributed by atoms with Gasteiger partial charge in [0.05, 0.1) is 0 Å². The standard InChI is InChI=1S/C55H94O6/c1-4-7-10-13-16-19-22-25-27-28-31-33-36-39-42-45-48-54(57)60-51-52(50-59-53(56)47-44-41-38-35-32-29-24-21-18-15-12-9-6-3)61-55(58)49-46-43-40-37-34-30-26-23-20-17-14-11-8-5-2/h9,12,15,18,21,24,27-29,31-33,52H,4-8,10-11,13-14,16-17,19-20,22-23,25-26,30,34-51H2,1-3H3/b12-9+,18-15+,24-21+,28-27+,32-29+,33-31+. The van der Waals surface area contributed by atoms with Crippen LogP contribution in [0.3, 0.4) is 0 Å². The van der Waals surface area contributed by atoms with Crippen molar-refractivity contribution in [2.45, 2.75) is 245 Å². The lowest BCUT2D eigenvalue weighted by molar-refractivity contribution is -0.167. The lowest BCUT2D eigenvalue weighted by atomic mass is 10.0. The average Bonchev–Trinajstić information content (AvgIpc) is 3.26. The van der Waals surface area contributed by atoms with Gasteiger partial charge >= 0.3 is 17.9 Å². The maximum atomic E-state index is 12.8. The van der Waals surface area contributed by atoms with Crippen LogP contribution < -0.4 is 0 Å². The first-order chi connectivity index (χ1) is 30.0. The number of unbranched alkanes of at least 4 members (excludes halogenated alkanes) is 26. The zero-order valence-electron chi connectivity index (χ0n) is 39.9. The maximum absolute atomic E-state index is 12.8. The quantitative estimate of drug-likeness (QED) is 0.0263. The van der Waals surface area contributed by atoms with Crippen molar-refractivity contribution in [2.75, 3.05) is 13.2 Å². The van der Waals surface area contributed by atoms with E-state index in [0.717, 1.165) is 83.5 Å². The smallest absolute Gasteiger partial charge is 0.306 e. The number of ether oxygens (including phenoxy) is 3. The number of carbonyl (C=O) groups excluding carboxylic acids is 3. The molecule has 0 heterocycles. The van der Waals surface area contributed by atoms with E-state index in [1.807, 2.05) is 36.5 Å². The molecule has 350 valence electrons. The lowest BCUT2D eigenvalue weighted by Gasteiger charge is -2.18. The summed E-state index contributed by atoms with van der Waals surface area (Å²) in [4.78, 5) is 37.9. The number of esters is 3. The van der Waals surface area contributed by atoms with E-state index < -0.39 is 6.10 Å². The minimum atomic E-state index is -0.799. The molecule has 0 rings (SSSR count). The van der Waals surface area contributed by atoms with Crippen molar-refractivity contribution in [1.82, 2.24) is 0 Å². The minimum Gasteiger partial charge on any atom is -0.462 e. The van der Waals surface area contributed by atoms with Crippen LogP contribution >= 0.6 is 0 Å². The first-order valence-electron chi connectivity index (χ1n) is 25.5. The molecule has 0 spiro atoms. The van der Waals surface area contributed by atoms with Crippen molar-refractivity contribution in [3.05, 3.63) is 72.9 Å². The summed E-state index contributed by atoms with van der Waals surface area (Å²) in [5.74, 6) is -0.961. The summed E-state index contributed by atoms with van der Waals surface area (Å²) in [5.41, 5.74) is 0. The van der Waals surface area contributed by atoms with Gasteiger partial charge in [0.2, 0.25) is 0 Å². The van der Waals surface area contributed by atoms with Gasteiger partial charge in [0.25, 0.3) is 0 Å². The number of allylic oxidation sites excluding steroid dienone is 12. The fraction of sp³-hybridized carbons (Fsp3) is 0.727. The van der Waals surface area contributed by atoms with Crippen molar-refractivity contribution in [3.8, 4) is 0 Å². The predicted octanol–water partition coefficient (Wildman–Crippen LogP) is 16.6. The molecule has 0 aromatic heterocycles. The van der Waals surface area contributed by atoms with E-state index in [9.17, 15) is 14.4 Å². The van der Waals surface area contributed by atoms with Gasteiger partial charge in [-0.1, -0.05) is 229 Å². The first kappa shape index (κ1) is 57.9. The third-order valence-electron chi connectivity index (χ3n) is 10.8. The summed E-state index contributed by atoms with van der Waals surface area (Å²) in [7, 11) is 0. The molecule has 1 atom stereocenters. The first-order valence-corrected chi connectivity index (χ1v) is 25.5. The molecule has 0 saturated heterocycles. The molecule has 0 aromatic rings. The van der Waals surface area contributed by atoms with Crippen LogP contribution in [0.15, 0.2) is 72.9 Å². The van der Waals surface area contributed by atoms with Crippen LogP contribution in [0, 0.1) is 0 Å². The Morgan fingerprint density at radius 3 is 1.03 bits per heavy atom. The zero-order valence-corrected chi connectivity index (χ0v) is 39.9. The second-order valence-electron chi connectivity index (χ2n) is 16.8. The summed E-state index contributed by atoms with van der Waals surface area (Å²) in [6.45, 7) is 6.44. The Bertz CT molecular complexity index is 1160. The van der Waals surface area contributed by atoms with Gasteiger partial charge in [0, 0.05) is 19.3 Å². The molecule has 6 heteroatoms. The van der Waals surface area contributed by atoms with Crippen molar-refractivity contribution in [3.63, 3.8) is 0 Å². The molecule has 1 unspecified atom stereocenters. The molecule has 0 fully saturated rings. The molecule has 0 saturated carbocycles. The van der Waals surface area contributed by atoms with E-state index in [2.05, 4.69) is 57.2 Å². The highest BCUT2D eigenvalue weighted by Gasteiger charge is 2.19. The topological polar surface area (TPSA) is 78.9 Å². The van der Waals surface area contributed by atoms with Gasteiger partial charge in [0.15, 0.2) is 6.10 Å². The van der Waals surface area contributed by atoms with Crippen LogP contribution in [0.4, 0.5) is 0 Å². The molecule has 0 bridgehead atoms. The van der Waals surface area contributed by atoms with Gasteiger partial charge in [0.1, 0.15) is 13.2 Å². The van der Waals surface area contributed by atoms with Gasteiger partial charge in [-0.05, 0) is 64.2 Å². The van der Waals surface area contributed by atoms with Crippen LogP contribution in [0.1, 0.15) is 239 Å². The van der Waals surface area contributed by atoms with Crippen LogP contribution in [0.5, 0.6) is 0 Å². The third kappa shape index (κ3) is 47.7.